The second kappa shape index (κ2) is 8.13. The Hall–Kier alpha value is -2.62. The van der Waals surface area contributed by atoms with Crippen molar-refractivity contribution in [1.29, 1.82) is 0 Å². The highest BCUT2D eigenvalue weighted by molar-refractivity contribution is 5.94. The molecule has 2 rings (SSSR count). The number of carbonyl (C=O) groups excluding carboxylic acids is 1. The van der Waals surface area contributed by atoms with E-state index in [1.54, 1.807) is 0 Å². The van der Waals surface area contributed by atoms with Gasteiger partial charge in [-0.2, -0.15) is 0 Å². The summed E-state index contributed by atoms with van der Waals surface area (Å²) < 4.78 is 0. The van der Waals surface area contributed by atoms with Crippen LogP contribution >= 0.6 is 0 Å². The molecule has 1 amide bonds. The van der Waals surface area contributed by atoms with Gasteiger partial charge in [-0.05, 0) is 22.8 Å². The zero-order chi connectivity index (χ0) is 16.7. The van der Waals surface area contributed by atoms with Crippen molar-refractivity contribution < 1.29 is 14.7 Å². The molecule has 120 valence electrons. The molecule has 0 saturated heterocycles. The van der Waals surface area contributed by atoms with E-state index in [1.807, 2.05) is 42.5 Å². The van der Waals surface area contributed by atoms with E-state index in [9.17, 15) is 9.59 Å². The highest BCUT2D eigenvalue weighted by Crippen LogP contribution is 2.27. The molecule has 0 heterocycles. The lowest BCUT2D eigenvalue weighted by Gasteiger charge is -2.20. The molecule has 0 saturated carbocycles. The standard InChI is InChI=1S/C19H21NO3/c1-2-3-11-17(20-18(21)12-13-19(22)23)16-10-6-8-14-7-4-5-9-15(14)16/h4-10,12-13,17H,2-3,11H2,1H3,(H,20,21)(H,22,23)/b13-12-/t17-/m1/s1. The van der Waals surface area contributed by atoms with Gasteiger partial charge in [0.1, 0.15) is 0 Å². The van der Waals surface area contributed by atoms with Crippen molar-refractivity contribution in [2.24, 2.45) is 0 Å². The van der Waals surface area contributed by atoms with Gasteiger partial charge in [-0.15, -0.1) is 0 Å². The lowest BCUT2D eigenvalue weighted by atomic mass is 9.95. The van der Waals surface area contributed by atoms with Gasteiger partial charge in [0.05, 0.1) is 6.04 Å². The van der Waals surface area contributed by atoms with Crippen LogP contribution in [0.15, 0.2) is 54.6 Å². The van der Waals surface area contributed by atoms with Crippen molar-refractivity contribution in [2.45, 2.75) is 32.2 Å². The van der Waals surface area contributed by atoms with Gasteiger partial charge in [0.2, 0.25) is 5.91 Å². The summed E-state index contributed by atoms with van der Waals surface area (Å²) in [7, 11) is 0. The first-order valence-electron chi connectivity index (χ1n) is 7.81. The molecule has 0 bridgehead atoms. The van der Waals surface area contributed by atoms with E-state index in [0.29, 0.717) is 0 Å². The molecule has 2 N–H and O–H groups in total. The Morgan fingerprint density at radius 2 is 1.87 bits per heavy atom. The van der Waals surface area contributed by atoms with Crippen LogP contribution in [0.4, 0.5) is 0 Å². The second-order valence-corrected chi connectivity index (χ2v) is 5.44. The van der Waals surface area contributed by atoms with Crippen LogP contribution in [0.3, 0.4) is 0 Å². The topological polar surface area (TPSA) is 66.4 Å². The Balaban J connectivity index is 2.29. The number of amides is 1. The maximum Gasteiger partial charge on any atom is 0.328 e. The van der Waals surface area contributed by atoms with Gasteiger partial charge in [0.15, 0.2) is 0 Å². The quantitative estimate of drug-likeness (QED) is 0.764. The summed E-state index contributed by atoms with van der Waals surface area (Å²) in [6.07, 6.45) is 4.75. The number of benzene rings is 2. The fourth-order valence-electron chi connectivity index (χ4n) is 2.63. The predicted octanol–water partition coefficient (Wildman–Crippen LogP) is 3.83. The predicted molar refractivity (Wildman–Crippen MR) is 91.1 cm³/mol. The molecule has 0 aromatic heterocycles. The number of rotatable bonds is 7. The van der Waals surface area contributed by atoms with Crippen LogP contribution in [-0.2, 0) is 9.59 Å². The molecule has 0 radical (unpaired) electrons. The molecule has 2 aromatic carbocycles. The van der Waals surface area contributed by atoms with Crippen molar-refractivity contribution in [1.82, 2.24) is 5.32 Å². The molecular formula is C19H21NO3. The van der Waals surface area contributed by atoms with Gasteiger partial charge in [-0.3, -0.25) is 4.79 Å². The number of carbonyl (C=O) groups is 2. The molecule has 0 fully saturated rings. The summed E-state index contributed by atoms with van der Waals surface area (Å²) in [5.41, 5.74) is 1.06. The highest BCUT2D eigenvalue weighted by atomic mass is 16.4. The lowest BCUT2D eigenvalue weighted by Crippen LogP contribution is -2.27. The Labute approximate surface area is 135 Å². The van der Waals surface area contributed by atoms with E-state index in [2.05, 4.69) is 12.2 Å². The average Bonchev–Trinajstić information content (AvgIpc) is 2.56. The van der Waals surface area contributed by atoms with E-state index >= 15 is 0 Å². The zero-order valence-electron chi connectivity index (χ0n) is 13.2. The van der Waals surface area contributed by atoms with Gasteiger partial charge < -0.3 is 10.4 Å². The Kier molecular flexibility index (Phi) is 5.92. The maximum atomic E-state index is 12.0. The number of carboxylic acids is 1. The van der Waals surface area contributed by atoms with Gasteiger partial charge in [0.25, 0.3) is 0 Å². The van der Waals surface area contributed by atoms with Crippen LogP contribution in [0.1, 0.15) is 37.8 Å². The molecule has 0 spiro atoms. The Morgan fingerprint density at radius 1 is 1.13 bits per heavy atom. The first kappa shape index (κ1) is 16.7. The highest BCUT2D eigenvalue weighted by Gasteiger charge is 2.15. The normalized spacial score (nSPS) is 12.4. The molecule has 4 nitrogen and oxygen atoms in total. The van der Waals surface area contributed by atoms with Crippen molar-refractivity contribution in [3.05, 3.63) is 60.2 Å². The van der Waals surface area contributed by atoms with Crippen LogP contribution in [-0.4, -0.2) is 17.0 Å². The molecule has 2 aromatic rings. The van der Waals surface area contributed by atoms with E-state index in [1.165, 1.54) is 0 Å². The lowest BCUT2D eigenvalue weighted by molar-refractivity contribution is -0.131. The number of nitrogens with one attached hydrogen (secondary N) is 1. The molecular weight excluding hydrogens is 290 g/mol. The fourth-order valence-corrected chi connectivity index (χ4v) is 2.63. The largest absolute Gasteiger partial charge is 0.478 e. The van der Waals surface area contributed by atoms with Gasteiger partial charge in [-0.1, -0.05) is 62.2 Å². The third-order valence-corrected chi connectivity index (χ3v) is 3.74. The van der Waals surface area contributed by atoms with Crippen molar-refractivity contribution in [3.63, 3.8) is 0 Å². The molecule has 0 aliphatic heterocycles. The summed E-state index contributed by atoms with van der Waals surface area (Å²) in [5, 5.41) is 13.8. The fraction of sp³-hybridized carbons (Fsp3) is 0.263. The molecule has 0 unspecified atom stereocenters. The monoisotopic (exact) mass is 311 g/mol. The van der Waals surface area contributed by atoms with E-state index < -0.39 is 5.97 Å². The van der Waals surface area contributed by atoms with Gasteiger partial charge in [0, 0.05) is 12.2 Å². The SMILES string of the molecule is CCCC[C@@H](NC(=O)/C=C\C(=O)O)c1cccc2ccccc12. The second-order valence-electron chi connectivity index (χ2n) is 5.44. The van der Waals surface area contributed by atoms with Crippen LogP contribution in [0.2, 0.25) is 0 Å². The molecule has 1 atom stereocenters. The molecule has 0 aliphatic carbocycles. The summed E-state index contributed by atoms with van der Waals surface area (Å²) in [5.74, 6) is -1.52. The zero-order valence-corrected chi connectivity index (χ0v) is 13.2. The Bertz CT molecular complexity index is 716. The minimum atomic E-state index is -1.13. The number of aliphatic carboxylic acids is 1. The third kappa shape index (κ3) is 4.68. The first-order valence-corrected chi connectivity index (χ1v) is 7.81. The minimum Gasteiger partial charge on any atom is -0.478 e. The molecule has 0 aliphatic rings. The summed E-state index contributed by atoms with van der Waals surface area (Å²) >= 11 is 0. The van der Waals surface area contributed by atoms with E-state index in [4.69, 9.17) is 5.11 Å². The summed E-state index contributed by atoms with van der Waals surface area (Å²) in [6.45, 7) is 2.10. The maximum absolute atomic E-state index is 12.0. The number of fused-ring (bicyclic) bond motifs is 1. The van der Waals surface area contributed by atoms with Crippen LogP contribution in [0, 0.1) is 0 Å². The van der Waals surface area contributed by atoms with Crippen LogP contribution < -0.4 is 5.32 Å². The van der Waals surface area contributed by atoms with Crippen molar-refractivity contribution in [3.8, 4) is 0 Å². The third-order valence-electron chi connectivity index (χ3n) is 3.74. The van der Waals surface area contributed by atoms with Crippen LogP contribution in [0.5, 0.6) is 0 Å². The van der Waals surface area contributed by atoms with Crippen LogP contribution in [0.25, 0.3) is 10.8 Å². The van der Waals surface area contributed by atoms with E-state index in [0.717, 1.165) is 47.8 Å². The summed E-state index contributed by atoms with van der Waals surface area (Å²) in [4.78, 5) is 22.5. The molecule has 4 heteroatoms. The van der Waals surface area contributed by atoms with E-state index in [-0.39, 0.29) is 11.9 Å². The molecule has 23 heavy (non-hydrogen) atoms. The summed E-state index contributed by atoms with van der Waals surface area (Å²) in [6, 6.07) is 14.0. The Morgan fingerprint density at radius 3 is 2.61 bits per heavy atom. The minimum absolute atomic E-state index is 0.132. The smallest absolute Gasteiger partial charge is 0.328 e. The number of carboxylic acid groups (broad SMARTS) is 1. The van der Waals surface area contributed by atoms with Gasteiger partial charge in [-0.25, -0.2) is 4.79 Å². The first-order chi connectivity index (χ1) is 11.1. The van der Waals surface area contributed by atoms with Gasteiger partial charge >= 0.3 is 5.97 Å². The number of hydrogen-bond donors (Lipinski definition) is 2. The number of unbranched alkanes of at least 4 members (excludes halogenated alkanes) is 1. The van der Waals surface area contributed by atoms with Crippen molar-refractivity contribution >= 4 is 22.6 Å². The number of hydrogen-bond acceptors (Lipinski definition) is 2. The van der Waals surface area contributed by atoms with Crippen molar-refractivity contribution in [2.75, 3.05) is 0 Å². The average molecular weight is 311 g/mol.